The number of rotatable bonds is 16. The molecule has 1 fully saturated rings. The molecule has 2 heterocycles. The molecule has 1 saturated heterocycles. The molecule has 256 valence electrons. The third-order valence-corrected chi connectivity index (χ3v) is 7.97. The Labute approximate surface area is 266 Å². The molecule has 0 bridgehead atoms. The molecule has 45 heavy (non-hydrogen) atoms. The first-order chi connectivity index (χ1) is 21.1. The van der Waals surface area contributed by atoms with E-state index in [2.05, 4.69) is 49.9 Å². The van der Waals surface area contributed by atoms with Gasteiger partial charge in [0.1, 0.15) is 5.69 Å². The maximum atomic E-state index is 13.0. The van der Waals surface area contributed by atoms with Crippen molar-refractivity contribution in [3.63, 3.8) is 0 Å². The van der Waals surface area contributed by atoms with Gasteiger partial charge in [-0.15, -0.1) is 5.10 Å². The minimum atomic E-state index is -0.956. The summed E-state index contributed by atoms with van der Waals surface area (Å²) in [7, 11) is 0. The molecule has 0 saturated carbocycles. The fourth-order valence-corrected chi connectivity index (χ4v) is 5.87. The van der Waals surface area contributed by atoms with Crippen LogP contribution in [0.1, 0.15) is 52.7 Å². The van der Waals surface area contributed by atoms with Crippen LogP contribution in [-0.2, 0) is 26.5 Å². The second kappa shape index (κ2) is 18.1. The Bertz CT molecular complexity index is 1080. The van der Waals surface area contributed by atoms with Crippen molar-refractivity contribution < 1.29 is 34.8 Å². The van der Waals surface area contributed by atoms with Gasteiger partial charge in [-0.2, -0.15) is 0 Å². The molecule has 0 atom stereocenters. The maximum absolute atomic E-state index is 13.0. The van der Waals surface area contributed by atoms with Crippen LogP contribution in [0.25, 0.3) is 0 Å². The number of nitrogens with zero attached hydrogens (tertiary/aromatic N) is 7. The van der Waals surface area contributed by atoms with Crippen LogP contribution in [-0.4, -0.2) is 158 Å². The van der Waals surface area contributed by atoms with Crippen LogP contribution in [0.4, 0.5) is 0 Å². The smallest absolute Gasteiger partial charge is 0.317 e. The average Bonchev–Trinajstić information content (AvgIpc) is 3.41. The van der Waals surface area contributed by atoms with Crippen molar-refractivity contribution in [1.82, 2.24) is 39.9 Å². The van der Waals surface area contributed by atoms with Gasteiger partial charge in [0.2, 0.25) is 5.91 Å². The quantitative estimate of drug-likeness (QED) is 0.156. The number of aliphatic hydroxyl groups excluding tert-OH is 2. The van der Waals surface area contributed by atoms with E-state index in [9.17, 15) is 34.8 Å². The number of aromatic nitrogens is 3. The minimum absolute atomic E-state index is 0.00264. The fourth-order valence-electron chi connectivity index (χ4n) is 5.87. The van der Waals surface area contributed by atoms with Crippen molar-refractivity contribution in [3.8, 4) is 0 Å². The molecular weight excluding hydrogens is 584 g/mol. The van der Waals surface area contributed by atoms with Gasteiger partial charge in [-0.1, -0.05) is 25.6 Å². The van der Waals surface area contributed by atoms with E-state index < -0.39 is 11.9 Å². The Morgan fingerprint density at radius 3 is 1.73 bits per heavy atom. The zero-order valence-electron chi connectivity index (χ0n) is 27.4. The summed E-state index contributed by atoms with van der Waals surface area (Å²) >= 11 is 0. The zero-order chi connectivity index (χ0) is 33.6. The van der Waals surface area contributed by atoms with Crippen molar-refractivity contribution >= 4 is 17.8 Å². The molecule has 1 aromatic rings. The van der Waals surface area contributed by atoms with Crippen LogP contribution in [0, 0.1) is 5.41 Å². The van der Waals surface area contributed by atoms with Crippen molar-refractivity contribution in [3.05, 3.63) is 24.2 Å². The summed E-state index contributed by atoms with van der Waals surface area (Å²) in [5, 5.41) is 49.3. The Hall–Kier alpha value is -3.11. The number of hydrogen-bond acceptors (Lipinski definition) is 11. The maximum Gasteiger partial charge on any atom is 0.317 e. The molecule has 1 amide bonds. The van der Waals surface area contributed by atoms with E-state index in [1.165, 1.54) is 0 Å². The van der Waals surface area contributed by atoms with E-state index in [-0.39, 0.29) is 62.0 Å². The number of carbonyl (C=O) groups is 3. The molecular formula is C30H54N8O7. The normalized spacial score (nSPS) is 17.4. The van der Waals surface area contributed by atoms with Crippen LogP contribution in [0.5, 0.6) is 0 Å². The van der Waals surface area contributed by atoms with Gasteiger partial charge in [0, 0.05) is 59.0 Å². The van der Waals surface area contributed by atoms with E-state index in [0.717, 1.165) is 19.3 Å². The van der Waals surface area contributed by atoms with Crippen LogP contribution in [0.2, 0.25) is 0 Å². The number of carboxylic acid groups (broad SMARTS) is 2. The molecule has 1 aromatic heterocycles. The van der Waals surface area contributed by atoms with Crippen LogP contribution < -0.4 is 5.32 Å². The van der Waals surface area contributed by atoms with Crippen LogP contribution in [0.3, 0.4) is 0 Å². The first-order valence-corrected chi connectivity index (χ1v) is 15.6. The van der Waals surface area contributed by atoms with Crippen LogP contribution in [0.15, 0.2) is 18.5 Å². The van der Waals surface area contributed by atoms with E-state index in [1.54, 1.807) is 9.80 Å². The van der Waals surface area contributed by atoms with Crippen molar-refractivity contribution in [2.24, 2.45) is 5.41 Å². The summed E-state index contributed by atoms with van der Waals surface area (Å²) in [5.74, 6) is -2.16. The zero-order valence-corrected chi connectivity index (χ0v) is 27.4. The van der Waals surface area contributed by atoms with Crippen molar-refractivity contribution in [1.29, 1.82) is 0 Å². The number of amides is 1. The Kier molecular flexibility index (Phi) is 15.3. The first-order valence-electron chi connectivity index (χ1n) is 15.6. The summed E-state index contributed by atoms with van der Waals surface area (Å²) in [6.07, 6.45) is 4.30. The number of carboxylic acids is 2. The summed E-state index contributed by atoms with van der Waals surface area (Å²) in [6.45, 7) is 15.7. The molecule has 0 radical (unpaired) electrons. The third-order valence-electron chi connectivity index (χ3n) is 7.97. The number of aliphatic hydroxyl groups is 2. The topological polar surface area (TPSA) is 188 Å². The molecule has 1 aliphatic heterocycles. The highest BCUT2D eigenvalue weighted by molar-refractivity contribution is 5.78. The third kappa shape index (κ3) is 15.2. The molecule has 0 aromatic carbocycles. The van der Waals surface area contributed by atoms with Gasteiger partial charge >= 0.3 is 11.9 Å². The van der Waals surface area contributed by atoms with Gasteiger partial charge < -0.3 is 25.7 Å². The fraction of sp³-hybridized carbons (Fsp3) is 0.767. The minimum Gasteiger partial charge on any atom is -0.512 e. The van der Waals surface area contributed by atoms with Gasteiger partial charge in [0.05, 0.1) is 50.2 Å². The standard InChI is InChI=1S/C30H54N8O7/c1-24(40)18-34-8-12-36(21-27(42)43)14-10-35(11-15-37(13-9-34)22-28(44)45)20-26(41)31-17-25-19-38(33-32-25)30(4,5)23-29(2,3)7-6-16-39/h19,39-40H,1,6-18,20-23H2,2-5H3,(H,31,41)(H,42,43)(H,44,45). The van der Waals surface area contributed by atoms with Gasteiger partial charge in [-0.05, 0) is 38.5 Å². The molecule has 0 unspecified atom stereocenters. The Morgan fingerprint density at radius 2 is 1.29 bits per heavy atom. The predicted molar refractivity (Wildman–Crippen MR) is 169 cm³/mol. The lowest BCUT2D eigenvalue weighted by atomic mass is 9.77. The summed E-state index contributed by atoms with van der Waals surface area (Å²) < 4.78 is 1.82. The van der Waals surface area contributed by atoms with E-state index in [1.807, 2.05) is 20.7 Å². The second-order valence-corrected chi connectivity index (χ2v) is 13.4. The SMILES string of the molecule is C=C(O)CN1CCN(CC(=O)O)CCN(CC(=O)NCc2cn(C(C)(C)CC(C)(C)CCCO)nn2)CCN(CC(=O)O)CC1. The molecule has 0 spiro atoms. The van der Waals surface area contributed by atoms with Gasteiger partial charge in [0.25, 0.3) is 0 Å². The van der Waals surface area contributed by atoms with Gasteiger partial charge in [-0.25, -0.2) is 4.68 Å². The lowest BCUT2D eigenvalue weighted by Gasteiger charge is -2.35. The summed E-state index contributed by atoms with van der Waals surface area (Å²) in [6, 6.07) is 0. The van der Waals surface area contributed by atoms with Gasteiger partial charge in [-0.3, -0.25) is 34.0 Å². The average molecular weight is 639 g/mol. The highest BCUT2D eigenvalue weighted by Gasteiger charge is 2.31. The Balaban J connectivity index is 2.05. The molecule has 15 nitrogen and oxygen atoms in total. The van der Waals surface area contributed by atoms with Crippen molar-refractivity contribution in [2.75, 3.05) is 85.1 Å². The number of hydrogen-bond donors (Lipinski definition) is 5. The largest absolute Gasteiger partial charge is 0.512 e. The lowest BCUT2D eigenvalue weighted by molar-refractivity contribution is -0.139. The number of nitrogens with one attached hydrogen (secondary N) is 1. The first kappa shape index (κ1) is 38.1. The van der Waals surface area contributed by atoms with Gasteiger partial charge in [0.15, 0.2) is 0 Å². The van der Waals surface area contributed by atoms with E-state index >= 15 is 0 Å². The lowest BCUT2D eigenvalue weighted by Crippen LogP contribution is -2.49. The molecule has 0 aliphatic carbocycles. The van der Waals surface area contributed by atoms with Crippen molar-refractivity contribution in [2.45, 2.75) is 59.0 Å². The summed E-state index contributed by atoms with van der Waals surface area (Å²) in [5.41, 5.74) is 0.303. The predicted octanol–water partition coefficient (Wildman–Crippen LogP) is 0.281. The summed E-state index contributed by atoms with van der Waals surface area (Å²) in [4.78, 5) is 43.5. The highest BCUT2D eigenvalue weighted by atomic mass is 16.4. The monoisotopic (exact) mass is 638 g/mol. The highest BCUT2D eigenvalue weighted by Crippen LogP contribution is 2.35. The van der Waals surface area contributed by atoms with E-state index in [4.69, 9.17) is 0 Å². The Morgan fingerprint density at radius 1 is 0.822 bits per heavy atom. The van der Waals surface area contributed by atoms with E-state index in [0.29, 0.717) is 58.1 Å². The number of aliphatic carboxylic acids is 2. The molecule has 1 aliphatic rings. The van der Waals surface area contributed by atoms with Crippen LogP contribution >= 0.6 is 0 Å². The number of carbonyl (C=O) groups excluding carboxylic acids is 1. The molecule has 2 rings (SSSR count). The molecule has 15 heteroatoms. The second-order valence-electron chi connectivity index (χ2n) is 13.4. The molecule has 5 N–H and O–H groups in total.